The van der Waals surface area contributed by atoms with E-state index in [9.17, 15) is 18.0 Å². The second-order valence-electron chi connectivity index (χ2n) is 3.60. The number of aliphatic hydroxyl groups is 1. The van der Waals surface area contributed by atoms with Gasteiger partial charge in [0.2, 0.25) is 0 Å². The van der Waals surface area contributed by atoms with E-state index >= 15 is 0 Å². The molecular weight excluding hydrogens is 267 g/mol. The summed E-state index contributed by atoms with van der Waals surface area (Å²) < 4.78 is 36.9. The van der Waals surface area contributed by atoms with Gasteiger partial charge < -0.3 is 10.4 Å². The van der Waals surface area contributed by atoms with Crippen LogP contribution in [0.2, 0.25) is 0 Å². The highest BCUT2D eigenvalue weighted by molar-refractivity contribution is 8.00. The first-order chi connectivity index (χ1) is 8.33. The summed E-state index contributed by atoms with van der Waals surface area (Å²) in [6.07, 6.45) is 0. The van der Waals surface area contributed by atoms with Gasteiger partial charge in [0.05, 0.1) is 12.2 Å². The summed E-state index contributed by atoms with van der Waals surface area (Å²) in [6, 6.07) is 4.95. The van der Waals surface area contributed by atoms with E-state index in [1.807, 2.05) is 0 Å². The number of hydrogen-bond donors (Lipinski definition) is 2. The van der Waals surface area contributed by atoms with Crippen molar-refractivity contribution in [2.45, 2.75) is 23.4 Å². The minimum Gasteiger partial charge on any atom is -0.394 e. The average molecular weight is 279 g/mol. The minimum atomic E-state index is -4.45. The van der Waals surface area contributed by atoms with Crippen LogP contribution in [0.3, 0.4) is 0 Å². The lowest BCUT2D eigenvalue weighted by atomic mass is 10.2. The third kappa shape index (κ3) is 4.58. The first-order valence-corrected chi connectivity index (χ1v) is 5.91. The molecule has 0 aromatic heterocycles. The van der Waals surface area contributed by atoms with Gasteiger partial charge in [0, 0.05) is 10.9 Å². The number of carbonyl (C=O) groups excluding carboxylic acids is 1. The monoisotopic (exact) mass is 279 g/mol. The molecule has 0 aliphatic carbocycles. The van der Waals surface area contributed by atoms with Crippen LogP contribution in [0.15, 0.2) is 29.2 Å². The molecule has 0 radical (unpaired) electrons. The molecule has 100 valence electrons. The number of rotatable bonds is 4. The number of halogens is 3. The minimum absolute atomic E-state index is 0.0554. The summed E-state index contributed by atoms with van der Waals surface area (Å²) in [6.45, 7) is 1.28. The van der Waals surface area contributed by atoms with Gasteiger partial charge in [-0.15, -0.1) is 0 Å². The van der Waals surface area contributed by atoms with E-state index in [2.05, 4.69) is 5.32 Å². The number of carbonyl (C=O) groups is 1. The first kappa shape index (κ1) is 14.8. The Morgan fingerprint density at radius 1 is 1.44 bits per heavy atom. The Balaban J connectivity index is 2.91. The van der Waals surface area contributed by atoms with Crippen molar-refractivity contribution in [1.82, 2.24) is 5.32 Å². The highest BCUT2D eigenvalue weighted by atomic mass is 32.2. The molecule has 0 saturated carbocycles. The Morgan fingerprint density at radius 3 is 2.61 bits per heavy atom. The zero-order valence-electron chi connectivity index (χ0n) is 9.49. The summed E-state index contributed by atoms with van der Waals surface area (Å²) in [5, 5.41) is 11.2. The van der Waals surface area contributed by atoms with E-state index in [4.69, 9.17) is 5.11 Å². The molecular formula is C11H12F3NO2S. The Labute approximate surface area is 106 Å². The lowest BCUT2D eigenvalue weighted by Crippen LogP contribution is -2.35. The topological polar surface area (TPSA) is 49.3 Å². The second-order valence-corrected chi connectivity index (χ2v) is 4.71. The molecule has 0 saturated heterocycles. The summed E-state index contributed by atoms with van der Waals surface area (Å²) in [7, 11) is 0. The fraction of sp³-hybridized carbons (Fsp3) is 0.364. The number of nitrogens with one attached hydrogen (secondary N) is 1. The van der Waals surface area contributed by atoms with E-state index in [0.717, 1.165) is 0 Å². The average Bonchev–Trinajstić information content (AvgIpc) is 2.27. The fourth-order valence-corrected chi connectivity index (χ4v) is 1.88. The number of thioether (sulfide) groups is 1. The molecule has 0 unspecified atom stereocenters. The normalized spacial score (nSPS) is 13.2. The highest BCUT2D eigenvalue weighted by Crippen LogP contribution is 2.38. The van der Waals surface area contributed by atoms with Crippen LogP contribution >= 0.6 is 11.8 Å². The molecule has 0 heterocycles. The van der Waals surface area contributed by atoms with Crippen molar-refractivity contribution < 1.29 is 23.1 Å². The maximum absolute atomic E-state index is 12.3. The molecule has 0 aliphatic heterocycles. The van der Waals surface area contributed by atoms with Crippen LogP contribution in [0, 0.1) is 0 Å². The number of aliphatic hydroxyl groups excluding tert-OH is 1. The molecule has 1 aromatic carbocycles. The standard InChI is InChI=1S/C11H12F3NO2S/c1-7(6-16)15-10(17)8-4-2-3-5-9(8)18-11(12,13)14/h2-5,7,16H,6H2,1H3,(H,15,17)/t7-/m0/s1. The number of amides is 1. The van der Waals surface area contributed by atoms with Gasteiger partial charge in [-0.2, -0.15) is 13.2 Å². The van der Waals surface area contributed by atoms with Gasteiger partial charge in [-0.25, -0.2) is 0 Å². The predicted molar refractivity (Wildman–Crippen MR) is 62.4 cm³/mol. The predicted octanol–water partition coefficient (Wildman–Crippen LogP) is 2.41. The summed E-state index contributed by atoms with van der Waals surface area (Å²) in [4.78, 5) is 11.6. The highest BCUT2D eigenvalue weighted by Gasteiger charge is 2.31. The molecule has 1 atom stereocenters. The molecule has 3 nitrogen and oxygen atoms in total. The number of alkyl halides is 3. The zero-order chi connectivity index (χ0) is 13.8. The van der Waals surface area contributed by atoms with E-state index < -0.39 is 17.5 Å². The molecule has 18 heavy (non-hydrogen) atoms. The van der Waals surface area contributed by atoms with Crippen LogP contribution in [-0.4, -0.2) is 29.2 Å². The Hall–Kier alpha value is -1.21. The lowest BCUT2D eigenvalue weighted by Gasteiger charge is -2.14. The van der Waals surface area contributed by atoms with Crippen molar-refractivity contribution in [3.05, 3.63) is 29.8 Å². The van der Waals surface area contributed by atoms with E-state index in [0.29, 0.717) is 0 Å². The van der Waals surface area contributed by atoms with Crippen molar-refractivity contribution >= 4 is 17.7 Å². The molecule has 0 spiro atoms. The SMILES string of the molecule is C[C@@H](CO)NC(=O)c1ccccc1SC(F)(F)F. The van der Waals surface area contributed by atoms with Gasteiger partial charge in [0.25, 0.3) is 5.91 Å². The first-order valence-electron chi connectivity index (χ1n) is 5.10. The summed E-state index contributed by atoms with van der Waals surface area (Å²) in [5.74, 6) is -0.635. The molecule has 2 N–H and O–H groups in total. The quantitative estimate of drug-likeness (QED) is 0.832. The van der Waals surface area contributed by atoms with Gasteiger partial charge in [-0.05, 0) is 30.8 Å². The van der Waals surface area contributed by atoms with Crippen LogP contribution in [0.1, 0.15) is 17.3 Å². The Morgan fingerprint density at radius 2 is 2.06 bits per heavy atom. The summed E-state index contributed by atoms with van der Waals surface area (Å²) >= 11 is -0.333. The molecule has 7 heteroatoms. The fourth-order valence-electron chi connectivity index (χ4n) is 1.22. The number of benzene rings is 1. The van der Waals surface area contributed by atoms with Crippen molar-refractivity contribution in [3.63, 3.8) is 0 Å². The summed E-state index contributed by atoms with van der Waals surface area (Å²) in [5.41, 5.74) is -4.50. The lowest BCUT2D eigenvalue weighted by molar-refractivity contribution is -0.0328. The maximum atomic E-state index is 12.3. The third-order valence-corrected chi connectivity index (χ3v) is 2.82. The third-order valence-electron chi connectivity index (χ3n) is 2.01. The van der Waals surface area contributed by atoms with Crippen LogP contribution < -0.4 is 5.32 Å². The van der Waals surface area contributed by atoms with Crippen LogP contribution in [0.25, 0.3) is 0 Å². The van der Waals surface area contributed by atoms with Crippen molar-refractivity contribution in [1.29, 1.82) is 0 Å². The van der Waals surface area contributed by atoms with Crippen molar-refractivity contribution in [2.75, 3.05) is 6.61 Å². The van der Waals surface area contributed by atoms with Crippen molar-refractivity contribution in [2.24, 2.45) is 0 Å². The Kier molecular flexibility index (Phi) is 5.03. The molecule has 0 fully saturated rings. The van der Waals surface area contributed by atoms with E-state index in [1.54, 1.807) is 6.92 Å². The van der Waals surface area contributed by atoms with Crippen LogP contribution in [0.4, 0.5) is 13.2 Å². The van der Waals surface area contributed by atoms with Crippen LogP contribution in [-0.2, 0) is 0 Å². The van der Waals surface area contributed by atoms with Gasteiger partial charge in [0.1, 0.15) is 0 Å². The van der Waals surface area contributed by atoms with E-state index in [-0.39, 0.29) is 28.8 Å². The van der Waals surface area contributed by atoms with Crippen LogP contribution in [0.5, 0.6) is 0 Å². The van der Waals surface area contributed by atoms with Crippen molar-refractivity contribution in [3.8, 4) is 0 Å². The van der Waals surface area contributed by atoms with Gasteiger partial charge in [-0.3, -0.25) is 4.79 Å². The van der Waals surface area contributed by atoms with Gasteiger partial charge in [-0.1, -0.05) is 12.1 Å². The maximum Gasteiger partial charge on any atom is 0.446 e. The molecule has 1 aromatic rings. The Bertz CT molecular complexity index is 423. The second kappa shape index (κ2) is 6.10. The largest absolute Gasteiger partial charge is 0.446 e. The smallest absolute Gasteiger partial charge is 0.394 e. The van der Waals surface area contributed by atoms with Gasteiger partial charge >= 0.3 is 5.51 Å². The zero-order valence-corrected chi connectivity index (χ0v) is 10.3. The molecule has 1 rings (SSSR count). The molecule has 1 amide bonds. The molecule has 0 bridgehead atoms. The van der Waals surface area contributed by atoms with E-state index in [1.165, 1.54) is 24.3 Å². The number of hydrogen-bond acceptors (Lipinski definition) is 3. The molecule has 0 aliphatic rings. The van der Waals surface area contributed by atoms with Gasteiger partial charge in [0.15, 0.2) is 0 Å².